The summed E-state index contributed by atoms with van der Waals surface area (Å²) in [7, 11) is 0. The Morgan fingerprint density at radius 1 is 1.30 bits per heavy atom. The van der Waals surface area contributed by atoms with Crippen LogP contribution in [0.1, 0.15) is 32.6 Å². The molecular weight excluding hydrogens is 124 g/mol. The fourth-order valence-electron chi connectivity index (χ4n) is 1.09. The Kier molecular flexibility index (Phi) is 3.76. The van der Waals surface area contributed by atoms with Gasteiger partial charge in [0.2, 0.25) is 0 Å². The van der Waals surface area contributed by atoms with E-state index in [-0.39, 0.29) is 0 Å². The lowest BCUT2D eigenvalue weighted by Crippen LogP contribution is -2.47. The van der Waals surface area contributed by atoms with Crippen LogP contribution in [0, 0.1) is 0 Å². The van der Waals surface area contributed by atoms with E-state index >= 15 is 0 Å². The molecule has 2 nitrogen and oxygen atoms in total. The van der Waals surface area contributed by atoms with Gasteiger partial charge in [0, 0.05) is 19.6 Å². The lowest BCUT2D eigenvalue weighted by Gasteiger charge is -2.31. The molecule has 1 aliphatic heterocycles. The number of hydrazine groups is 1. The predicted octanol–water partition coefficient (Wildman–Crippen LogP) is 1.39. The molecule has 60 valence electrons. The second-order valence-corrected chi connectivity index (χ2v) is 2.96. The largest absolute Gasteiger partial charge is 0.255 e. The Bertz CT molecular complexity index is 79.3. The van der Waals surface area contributed by atoms with E-state index < -0.39 is 0 Å². The van der Waals surface area contributed by atoms with Crippen LogP contribution in [0.5, 0.6) is 0 Å². The standard InChI is InChI=1S/C8H18N2/c1-2-3-4-6-9-10-7-5-8-10/h9H,2-8H2,1H3. The maximum atomic E-state index is 3.39. The van der Waals surface area contributed by atoms with Gasteiger partial charge in [0.25, 0.3) is 0 Å². The van der Waals surface area contributed by atoms with Crippen molar-refractivity contribution in [1.29, 1.82) is 0 Å². The summed E-state index contributed by atoms with van der Waals surface area (Å²) in [6.45, 7) is 5.93. The zero-order valence-electron chi connectivity index (χ0n) is 6.90. The maximum absolute atomic E-state index is 3.39. The number of rotatable bonds is 5. The molecule has 0 saturated carbocycles. The van der Waals surface area contributed by atoms with Crippen LogP contribution in [0.3, 0.4) is 0 Å². The average molecular weight is 142 g/mol. The summed E-state index contributed by atoms with van der Waals surface area (Å²) in [6, 6.07) is 0. The molecule has 0 bridgehead atoms. The Hall–Kier alpha value is -0.0800. The highest BCUT2D eigenvalue weighted by Gasteiger charge is 2.11. The van der Waals surface area contributed by atoms with Gasteiger partial charge in [-0.2, -0.15) is 0 Å². The Morgan fingerprint density at radius 3 is 2.60 bits per heavy atom. The highest BCUT2D eigenvalue weighted by atomic mass is 15.5. The molecule has 0 aromatic heterocycles. The number of unbranched alkanes of at least 4 members (excludes halogenated alkanes) is 2. The van der Waals surface area contributed by atoms with E-state index in [4.69, 9.17) is 0 Å². The number of hydrogen-bond acceptors (Lipinski definition) is 2. The van der Waals surface area contributed by atoms with Crippen molar-refractivity contribution >= 4 is 0 Å². The van der Waals surface area contributed by atoms with Crippen molar-refractivity contribution in [3.8, 4) is 0 Å². The van der Waals surface area contributed by atoms with Crippen LogP contribution in [0.4, 0.5) is 0 Å². The first-order valence-electron chi connectivity index (χ1n) is 4.42. The smallest absolute Gasteiger partial charge is 0.0143 e. The van der Waals surface area contributed by atoms with Gasteiger partial charge >= 0.3 is 0 Å². The molecule has 0 spiro atoms. The van der Waals surface area contributed by atoms with Gasteiger partial charge in [-0.3, -0.25) is 5.43 Å². The van der Waals surface area contributed by atoms with Crippen molar-refractivity contribution < 1.29 is 0 Å². The number of hydrogen-bond donors (Lipinski definition) is 1. The minimum atomic E-state index is 1.17. The third-order valence-electron chi connectivity index (χ3n) is 1.97. The van der Waals surface area contributed by atoms with Crippen LogP contribution < -0.4 is 5.43 Å². The third kappa shape index (κ3) is 2.67. The van der Waals surface area contributed by atoms with Gasteiger partial charge in [0.05, 0.1) is 0 Å². The lowest BCUT2D eigenvalue weighted by atomic mass is 10.2. The van der Waals surface area contributed by atoms with E-state index in [2.05, 4.69) is 17.4 Å². The quantitative estimate of drug-likeness (QED) is 0.583. The van der Waals surface area contributed by atoms with Gasteiger partial charge in [0.15, 0.2) is 0 Å². The number of nitrogens with zero attached hydrogens (tertiary/aromatic N) is 1. The molecule has 0 atom stereocenters. The van der Waals surface area contributed by atoms with Crippen molar-refractivity contribution in [2.24, 2.45) is 0 Å². The van der Waals surface area contributed by atoms with Gasteiger partial charge in [-0.1, -0.05) is 19.8 Å². The van der Waals surface area contributed by atoms with Gasteiger partial charge in [-0.25, -0.2) is 5.01 Å². The molecule has 0 amide bonds. The van der Waals surface area contributed by atoms with Crippen molar-refractivity contribution in [3.05, 3.63) is 0 Å². The highest BCUT2D eigenvalue weighted by Crippen LogP contribution is 2.01. The van der Waals surface area contributed by atoms with Crippen molar-refractivity contribution in [2.75, 3.05) is 19.6 Å². The van der Waals surface area contributed by atoms with Crippen LogP contribution in [-0.4, -0.2) is 24.6 Å². The Labute approximate surface area is 63.6 Å². The summed E-state index contributed by atoms with van der Waals surface area (Å²) in [5, 5.41) is 2.30. The monoisotopic (exact) mass is 142 g/mol. The van der Waals surface area contributed by atoms with Crippen molar-refractivity contribution in [1.82, 2.24) is 10.4 Å². The molecule has 1 saturated heterocycles. The zero-order valence-corrected chi connectivity index (χ0v) is 6.90. The van der Waals surface area contributed by atoms with Crippen LogP contribution in [-0.2, 0) is 0 Å². The first kappa shape index (κ1) is 8.02. The second-order valence-electron chi connectivity index (χ2n) is 2.96. The molecule has 10 heavy (non-hydrogen) atoms. The van der Waals surface area contributed by atoms with Crippen molar-refractivity contribution in [3.63, 3.8) is 0 Å². The van der Waals surface area contributed by atoms with Gasteiger partial charge in [-0.15, -0.1) is 0 Å². The minimum absolute atomic E-state index is 1.17. The summed E-state index contributed by atoms with van der Waals surface area (Å²) in [5.74, 6) is 0. The van der Waals surface area contributed by atoms with E-state index in [1.165, 1.54) is 45.3 Å². The van der Waals surface area contributed by atoms with Crippen LogP contribution in [0.25, 0.3) is 0 Å². The molecule has 1 N–H and O–H groups in total. The summed E-state index contributed by atoms with van der Waals surface area (Å²) >= 11 is 0. The van der Waals surface area contributed by atoms with Gasteiger partial charge in [0.1, 0.15) is 0 Å². The lowest BCUT2D eigenvalue weighted by molar-refractivity contribution is 0.108. The molecule has 1 heterocycles. The zero-order chi connectivity index (χ0) is 7.23. The molecule has 0 aliphatic carbocycles. The van der Waals surface area contributed by atoms with Crippen LogP contribution in [0.2, 0.25) is 0 Å². The topological polar surface area (TPSA) is 15.3 Å². The van der Waals surface area contributed by atoms with E-state index in [9.17, 15) is 0 Å². The molecule has 0 aromatic rings. The van der Waals surface area contributed by atoms with E-state index in [0.29, 0.717) is 0 Å². The van der Waals surface area contributed by atoms with Gasteiger partial charge in [-0.05, 0) is 12.8 Å². The fourth-order valence-corrected chi connectivity index (χ4v) is 1.09. The van der Waals surface area contributed by atoms with Crippen LogP contribution >= 0.6 is 0 Å². The molecule has 1 fully saturated rings. The van der Waals surface area contributed by atoms with Crippen molar-refractivity contribution in [2.45, 2.75) is 32.6 Å². The molecule has 0 aromatic carbocycles. The first-order valence-corrected chi connectivity index (χ1v) is 4.42. The summed E-state index contributed by atoms with van der Waals surface area (Å²) in [4.78, 5) is 0. The molecule has 0 radical (unpaired) electrons. The summed E-state index contributed by atoms with van der Waals surface area (Å²) < 4.78 is 0. The van der Waals surface area contributed by atoms with Gasteiger partial charge < -0.3 is 0 Å². The molecular formula is C8H18N2. The minimum Gasteiger partial charge on any atom is -0.255 e. The summed E-state index contributed by atoms with van der Waals surface area (Å²) in [5.41, 5.74) is 3.39. The molecule has 1 aliphatic rings. The van der Waals surface area contributed by atoms with E-state index in [0.717, 1.165) is 0 Å². The molecule has 1 rings (SSSR count). The highest BCUT2D eigenvalue weighted by molar-refractivity contribution is 4.63. The molecule has 2 heteroatoms. The third-order valence-corrected chi connectivity index (χ3v) is 1.97. The normalized spacial score (nSPS) is 18.9. The predicted molar refractivity (Wildman–Crippen MR) is 43.7 cm³/mol. The molecule has 0 unspecified atom stereocenters. The maximum Gasteiger partial charge on any atom is 0.0143 e. The summed E-state index contributed by atoms with van der Waals surface area (Å²) in [6.07, 6.45) is 5.39. The average Bonchev–Trinajstić information content (AvgIpc) is 1.84. The van der Waals surface area contributed by atoms with E-state index in [1.54, 1.807) is 0 Å². The SMILES string of the molecule is CCCCCNN1CCC1. The fraction of sp³-hybridized carbons (Fsp3) is 1.00. The first-order chi connectivity index (χ1) is 4.93. The Balaban J connectivity index is 1.76. The Morgan fingerprint density at radius 2 is 2.10 bits per heavy atom. The number of nitrogens with one attached hydrogen (secondary N) is 1. The van der Waals surface area contributed by atoms with Crippen LogP contribution in [0.15, 0.2) is 0 Å². The second kappa shape index (κ2) is 4.69. The van der Waals surface area contributed by atoms with E-state index in [1.807, 2.05) is 0 Å².